The van der Waals surface area contributed by atoms with Gasteiger partial charge in [-0.25, -0.2) is 8.42 Å². The third-order valence-electron chi connectivity index (χ3n) is 5.92. The zero-order chi connectivity index (χ0) is 18.6. The van der Waals surface area contributed by atoms with Crippen LogP contribution in [0.1, 0.15) is 72.1 Å². The Kier molecular flexibility index (Phi) is 9.17. The highest BCUT2D eigenvalue weighted by Gasteiger charge is 2.36. The number of piperidine rings is 1. The normalized spacial score (nSPS) is 21.8. The summed E-state index contributed by atoms with van der Waals surface area (Å²) in [5.41, 5.74) is 0.448. The van der Waals surface area contributed by atoms with Gasteiger partial charge in [0.25, 0.3) is 0 Å². The molecule has 2 aliphatic rings. The molecule has 0 aromatic heterocycles. The van der Waals surface area contributed by atoms with Crippen LogP contribution in [0.2, 0.25) is 0 Å². The summed E-state index contributed by atoms with van der Waals surface area (Å²) in [5.74, 6) is 1.02. The molecule has 0 radical (unpaired) electrons. The Morgan fingerprint density at radius 1 is 1.08 bits per heavy atom. The Bertz CT molecular complexity index is 562. The van der Waals surface area contributed by atoms with E-state index in [0.29, 0.717) is 12.0 Å². The van der Waals surface area contributed by atoms with Gasteiger partial charge in [0.05, 0.1) is 10.5 Å². The van der Waals surface area contributed by atoms with E-state index in [1.807, 2.05) is 0 Å². The van der Waals surface area contributed by atoms with Gasteiger partial charge in [0.15, 0.2) is 15.8 Å². The SMILES string of the molecule is CN=C(NCCS(=O)(=O)C(C)(C)C)N1CCCC2(CCCCCC2)C1.I. The highest BCUT2D eigenvalue weighted by Crippen LogP contribution is 2.42. The molecule has 26 heavy (non-hydrogen) atoms. The highest BCUT2D eigenvalue weighted by molar-refractivity contribution is 14.0. The molecule has 0 aromatic rings. The number of sulfone groups is 1. The summed E-state index contributed by atoms with van der Waals surface area (Å²) in [7, 11) is -1.30. The molecule has 154 valence electrons. The second-order valence-corrected chi connectivity index (χ2v) is 11.7. The predicted octanol–water partition coefficient (Wildman–Crippen LogP) is 3.83. The van der Waals surface area contributed by atoms with Crippen LogP contribution < -0.4 is 5.32 Å². The lowest BCUT2D eigenvalue weighted by molar-refractivity contribution is 0.115. The van der Waals surface area contributed by atoms with Gasteiger partial charge in [0.1, 0.15) is 0 Å². The van der Waals surface area contributed by atoms with Crippen molar-refractivity contribution in [2.45, 2.75) is 76.9 Å². The summed E-state index contributed by atoms with van der Waals surface area (Å²) in [5, 5.41) is 3.30. The van der Waals surface area contributed by atoms with Crippen molar-refractivity contribution in [2.24, 2.45) is 10.4 Å². The van der Waals surface area contributed by atoms with Crippen LogP contribution in [-0.2, 0) is 9.84 Å². The summed E-state index contributed by atoms with van der Waals surface area (Å²) in [6.45, 7) is 7.80. The predicted molar refractivity (Wildman–Crippen MR) is 121 cm³/mol. The van der Waals surface area contributed by atoms with E-state index >= 15 is 0 Å². The fraction of sp³-hybridized carbons (Fsp3) is 0.947. The third-order valence-corrected chi connectivity index (χ3v) is 8.53. The van der Waals surface area contributed by atoms with E-state index in [1.54, 1.807) is 27.8 Å². The Labute approximate surface area is 177 Å². The first kappa shape index (κ1) is 24.0. The molecule has 0 amide bonds. The maximum Gasteiger partial charge on any atom is 0.193 e. The first-order valence-electron chi connectivity index (χ1n) is 9.87. The molecular weight excluding hydrogens is 461 g/mol. The topological polar surface area (TPSA) is 61.8 Å². The van der Waals surface area contributed by atoms with Crippen molar-refractivity contribution in [3.05, 3.63) is 0 Å². The lowest BCUT2D eigenvalue weighted by atomic mass is 9.74. The molecule has 1 spiro atoms. The molecule has 7 heteroatoms. The van der Waals surface area contributed by atoms with Gasteiger partial charge in [-0.15, -0.1) is 24.0 Å². The van der Waals surface area contributed by atoms with Gasteiger partial charge in [-0.2, -0.15) is 0 Å². The van der Waals surface area contributed by atoms with Crippen molar-refractivity contribution >= 4 is 39.8 Å². The van der Waals surface area contributed by atoms with Crippen LogP contribution >= 0.6 is 24.0 Å². The summed E-state index contributed by atoms with van der Waals surface area (Å²) < 4.78 is 23.9. The molecule has 2 rings (SSSR count). The number of halogens is 1. The maximum atomic E-state index is 12.3. The second kappa shape index (κ2) is 9.94. The van der Waals surface area contributed by atoms with Crippen molar-refractivity contribution in [1.82, 2.24) is 10.2 Å². The van der Waals surface area contributed by atoms with Crippen LogP contribution in [0.4, 0.5) is 0 Å². The fourth-order valence-corrected chi connectivity index (χ4v) is 5.19. The van der Waals surface area contributed by atoms with E-state index in [1.165, 1.54) is 51.4 Å². The molecule has 1 aliphatic carbocycles. The first-order chi connectivity index (χ1) is 11.7. The molecule has 1 heterocycles. The van der Waals surface area contributed by atoms with E-state index in [9.17, 15) is 8.42 Å². The number of hydrogen-bond acceptors (Lipinski definition) is 3. The lowest BCUT2D eigenvalue weighted by Gasteiger charge is -2.44. The minimum absolute atomic E-state index is 0. The Morgan fingerprint density at radius 3 is 2.19 bits per heavy atom. The largest absolute Gasteiger partial charge is 0.355 e. The molecular formula is C19H38IN3O2S. The number of rotatable bonds is 3. The maximum absolute atomic E-state index is 12.3. The monoisotopic (exact) mass is 499 g/mol. The Balaban J connectivity index is 0.00000338. The summed E-state index contributed by atoms with van der Waals surface area (Å²) >= 11 is 0. The molecule has 1 N–H and O–H groups in total. The van der Waals surface area contributed by atoms with Crippen LogP contribution in [0.15, 0.2) is 4.99 Å². The summed E-state index contributed by atoms with van der Waals surface area (Å²) in [6, 6.07) is 0. The molecule has 0 aromatic carbocycles. The van der Waals surface area contributed by atoms with Crippen LogP contribution in [0.25, 0.3) is 0 Å². The van der Waals surface area contributed by atoms with Crippen molar-refractivity contribution in [3.63, 3.8) is 0 Å². The smallest absolute Gasteiger partial charge is 0.193 e. The molecule has 2 fully saturated rings. The van der Waals surface area contributed by atoms with Gasteiger partial charge in [0.2, 0.25) is 0 Å². The lowest BCUT2D eigenvalue weighted by Crippen LogP contribution is -2.51. The number of likely N-dealkylation sites (tertiary alicyclic amines) is 1. The van der Waals surface area contributed by atoms with Crippen LogP contribution in [0.5, 0.6) is 0 Å². The van der Waals surface area contributed by atoms with Crippen LogP contribution in [0.3, 0.4) is 0 Å². The van der Waals surface area contributed by atoms with Gasteiger partial charge in [0, 0.05) is 26.7 Å². The molecule has 0 unspecified atom stereocenters. The minimum Gasteiger partial charge on any atom is -0.355 e. The number of nitrogens with one attached hydrogen (secondary N) is 1. The Morgan fingerprint density at radius 2 is 1.65 bits per heavy atom. The van der Waals surface area contributed by atoms with Crippen molar-refractivity contribution in [2.75, 3.05) is 32.4 Å². The van der Waals surface area contributed by atoms with Crippen molar-refractivity contribution in [3.8, 4) is 0 Å². The van der Waals surface area contributed by atoms with Gasteiger partial charge < -0.3 is 10.2 Å². The van der Waals surface area contributed by atoms with Gasteiger partial charge >= 0.3 is 0 Å². The second-order valence-electron chi connectivity index (χ2n) is 8.84. The number of guanidine groups is 1. The fourth-order valence-electron chi connectivity index (χ4n) is 4.21. The zero-order valence-electron chi connectivity index (χ0n) is 17.0. The van der Waals surface area contributed by atoms with Gasteiger partial charge in [-0.05, 0) is 51.9 Å². The van der Waals surface area contributed by atoms with E-state index in [2.05, 4.69) is 15.2 Å². The zero-order valence-corrected chi connectivity index (χ0v) is 20.2. The van der Waals surface area contributed by atoms with E-state index < -0.39 is 14.6 Å². The van der Waals surface area contributed by atoms with Crippen molar-refractivity contribution in [1.29, 1.82) is 0 Å². The number of hydrogen-bond donors (Lipinski definition) is 1. The minimum atomic E-state index is -3.10. The van der Waals surface area contributed by atoms with Gasteiger partial charge in [-0.1, -0.05) is 25.7 Å². The van der Waals surface area contributed by atoms with Gasteiger partial charge in [-0.3, -0.25) is 4.99 Å². The summed E-state index contributed by atoms with van der Waals surface area (Å²) in [6.07, 6.45) is 10.7. The standard InChI is InChI=1S/C19H37N3O2S.HI/c1-18(2,3)25(23,24)15-13-21-17(20-4)22-14-9-12-19(16-22)10-7-5-6-8-11-19;/h5-16H2,1-4H3,(H,20,21);1H. The van der Waals surface area contributed by atoms with Crippen LogP contribution in [0, 0.1) is 5.41 Å². The van der Waals surface area contributed by atoms with E-state index in [-0.39, 0.29) is 29.7 Å². The molecule has 1 saturated heterocycles. The summed E-state index contributed by atoms with van der Waals surface area (Å²) in [4.78, 5) is 6.79. The first-order valence-corrected chi connectivity index (χ1v) is 11.5. The molecule has 1 saturated carbocycles. The van der Waals surface area contributed by atoms with E-state index in [4.69, 9.17) is 0 Å². The van der Waals surface area contributed by atoms with E-state index in [0.717, 1.165) is 19.0 Å². The Hall–Kier alpha value is -0.0500. The number of aliphatic imine (C=N–C) groups is 1. The molecule has 1 aliphatic heterocycles. The molecule has 0 atom stereocenters. The van der Waals surface area contributed by atoms with Crippen LogP contribution in [-0.4, -0.2) is 56.5 Å². The molecule has 0 bridgehead atoms. The third kappa shape index (κ3) is 6.24. The average Bonchev–Trinajstić information content (AvgIpc) is 2.76. The molecule has 5 nitrogen and oxygen atoms in total. The average molecular weight is 500 g/mol. The quantitative estimate of drug-likeness (QED) is 0.364. The van der Waals surface area contributed by atoms with Crippen molar-refractivity contribution < 1.29 is 8.42 Å². The number of nitrogens with zero attached hydrogens (tertiary/aromatic N) is 2. The highest BCUT2D eigenvalue weighted by atomic mass is 127.